The average molecular weight is 593 g/mol. The highest BCUT2D eigenvalue weighted by molar-refractivity contribution is 6.32. The smallest absolute Gasteiger partial charge is 0.246 e. The fourth-order valence-electron chi connectivity index (χ4n) is 5.46. The van der Waals surface area contributed by atoms with Crippen molar-refractivity contribution in [2.45, 2.75) is 25.7 Å². The van der Waals surface area contributed by atoms with Gasteiger partial charge in [0.15, 0.2) is 5.82 Å². The molecule has 2 amide bonds. The highest BCUT2D eigenvalue weighted by Crippen LogP contribution is 2.42. The van der Waals surface area contributed by atoms with E-state index in [1.54, 1.807) is 50.2 Å². The molecule has 0 saturated carbocycles. The number of aromatic nitrogens is 2. The van der Waals surface area contributed by atoms with Crippen LogP contribution in [0.25, 0.3) is 10.9 Å². The SMILES string of the molecule is C/C=C/C(=O)N1CCN(c2nc(NCCC(=O)N(C)C)nc3c(F)c([C@@H]4C=C(O)Cc5ccccc54)c(Cl)cc23)CC1. The number of fused-ring (bicyclic) bond motifs is 2. The van der Waals surface area contributed by atoms with Gasteiger partial charge >= 0.3 is 0 Å². The zero-order chi connectivity index (χ0) is 30.0. The molecule has 3 aromatic rings. The van der Waals surface area contributed by atoms with Gasteiger partial charge in [0.2, 0.25) is 17.8 Å². The summed E-state index contributed by atoms with van der Waals surface area (Å²) < 4.78 is 16.6. The van der Waals surface area contributed by atoms with Gasteiger partial charge in [0, 0.05) is 81.6 Å². The Bertz CT molecular complexity index is 1580. The van der Waals surface area contributed by atoms with E-state index in [4.69, 9.17) is 16.6 Å². The fourth-order valence-corrected chi connectivity index (χ4v) is 5.77. The summed E-state index contributed by atoms with van der Waals surface area (Å²) in [6, 6.07) is 9.28. The standard InChI is InChI=1S/C31H34ClFN6O3/c1-4-7-26(42)38-12-14-39(15-13-38)30-23-18-24(32)27(22-17-20(40)16-19-8-5-6-9-21(19)22)28(33)29(23)35-31(36-30)34-11-10-25(41)37(2)3/h4-9,17-18,22,40H,10-16H2,1-3H3,(H,34,35,36)/b7-4+/t22-/m1/s1. The Labute approximate surface area is 249 Å². The topological polar surface area (TPSA) is 102 Å². The summed E-state index contributed by atoms with van der Waals surface area (Å²) in [4.78, 5) is 39.0. The van der Waals surface area contributed by atoms with Crippen molar-refractivity contribution < 1.29 is 19.1 Å². The van der Waals surface area contributed by atoms with E-state index >= 15 is 4.39 Å². The van der Waals surface area contributed by atoms with Crippen molar-refractivity contribution in [3.63, 3.8) is 0 Å². The number of nitrogens with zero attached hydrogens (tertiary/aromatic N) is 5. The van der Waals surface area contributed by atoms with E-state index in [0.29, 0.717) is 43.8 Å². The third-order valence-corrected chi connectivity index (χ3v) is 7.96. The molecule has 11 heteroatoms. The van der Waals surface area contributed by atoms with E-state index in [1.807, 2.05) is 29.2 Å². The lowest BCUT2D eigenvalue weighted by Crippen LogP contribution is -2.48. The Hall–Kier alpha value is -4.18. The van der Waals surface area contributed by atoms with Crippen LogP contribution in [-0.4, -0.2) is 83.5 Å². The second-order valence-corrected chi connectivity index (χ2v) is 11.0. The first-order valence-electron chi connectivity index (χ1n) is 14.0. The Kier molecular flexibility index (Phi) is 8.63. The number of aliphatic hydroxyl groups is 1. The number of rotatable bonds is 7. The van der Waals surface area contributed by atoms with Crippen molar-refractivity contribution in [1.82, 2.24) is 19.8 Å². The Balaban J connectivity index is 1.57. The van der Waals surface area contributed by atoms with Crippen molar-refractivity contribution in [3.8, 4) is 0 Å². The maximum Gasteiger partial charge on any atom is 0.246 e. The highest BCUT2D eigenvalue weighted by atomic mass is 35.5. The van der Waals surface area contributed by atoms with Gasteiger partial charge in [-0.15, -0.1) is 0 Å². The number of halogens is 2. The van der Waals surface area contributed by atoms with Crippen LogP contribution >= 0.6 is 11.6 Å². The van der Waals surface area contributed by atoms with Crippen molar-refractivity contribution in [3.05, 3.63) is 81.8 Å². The normalized spacial score (nSPS) is 16.9. The minimum absolute atomic E-state index is 0.0552. The third kappa shape index (κ3) is 5.90. The number of hydrogen-bond donors (Lipinski definition) is 2. The number of aliphatic hydroxyl groups excluding tert-OH is 1. The lowest BCUT2D eigenvalue weighted by Gasteiger charge is -2.35. The van der Waals surface area contributed by atoms with E-state index in [2.05, 4.69) is 10.3 Å². The van der Waals surface area contributed by atoms with Crippen LogP contribution in [0.5, 0.6) is 0 Å². The molecule has 0 unspecified atom stereocenters. The predicted octanol–water partition coefficient (Wildman–Crippen LogP) is 4.67. The molecule has 1 saturated heterocycles. The molecule has 1 aliphatic carbocycles. The summed E-state index contributed by atoms with van der Waals surface area (Å²) >= 11 is 6.81. The molecule has 0 bridgehead atoms. The number of carbonyl (C=O) groups excluding carboxylic acids is 2. The first-order valence-corrected chi connectivity index (χ1v) is 14.3. The minimum atomic E-state index is -0.597. The largest absolute Gasteiger partial charge is 0.512 e. The molecule has 220 valence electrons. The maximum absolute atomic E-state index is 16.6. The molecule has 0 spiro atoms. The van der Waals surface area contributed by atoms with Crippen LogP contribution < -0.4 is 10.2 Å². The molecule has 1 fully saturated rings. The third-order valence-electron chi connectivity index (χ3n) is 7.65. The summed E-state index contributed by atoms with van der Waals surface area (Å²) in [7, 11) is 3.37. The number of benzene rings is 2. The molecule has 1 atom stereocenters. The van der Waals surface area contributed by atoms with Crippen LogP contribution in [0.1, 0.15) is 36.0 Å². The lowest BCUT2D eigenvalue weighted by molar-refractivity contribution is -0.128. The van der Waals surface area contributed by atoms with Crippen molar-refractivity contribution in [1.29, 1.82) is 0 Å². The Morgan fingerprint density at radius 3 is 2.64 bits per heavy atom. The molecule has 5 rings (SSSR count). The lowest BCUT2D eigenvalue weighted by atomic mass is 9.82. The minimum Gasteiger partial charge on any atom is -0.512 e. The van der Waals surface area contributed by atoms with Gasteiger partial charge in [-0.1, -0.05) is 41.9 Å². The van der Waals surface area contributed by atoms with Crippen LogP contribution in [0, 0.1) is 5.82 Å². The zero-order valence-corrected chi connectivity index (χ0v) is 24.7. The number of hydrogen-bond acceptors (Lipinski definition) is 7. The summed E-state index contributed by atoms with van der Waals surface area (Å²) in [5.74, 6) is -0.480. The van der Waals surface area contributed by atoms with Crippen LogP contribution in [0.3, 0.4) is 0 Å². The molecule has 2 heterocycles. The van der Waals surface area contributed by atoms with Gasteiger partial charge in [-0.3, -0.25) is 9.59 Å². The summed E-state index contributed by atoms with van der Waals surface area (Å²) in [6.45, 7) is 4.00. The number of carbonyl (C=O) groups is 2. The highest BCUT2D eigenvalue weighted by Gasteiger charge is 2.30. The van der Waals surface area contributed by atoms with Gasteiger partial charge in [0.25, 0.3) is 0 Å². The molecule has 2 aliphatic rings. The molecule has 2 aromatic carbocycles. The van der Waals surface area contributed by atoms with Crippen LogP contribution in [0.4, 0.5) is 16.2 Å². The van der Waals surface area contributed by atoms with Gasteiger partial charge < -0.3 is 25.1 Å². The van der Waals surface area contributed by atoms with Gasteiger partial charge in [0.1, 0.15) is 11.3 Å². The van der Waals surface area contributed by atoms with Crippen molar-refractivity contribution >= 4 is 46.1 Å². The number of amides is 2. The van der Waals surface area contributed by atoms with Gasteiger partial charge in [-0.05, 0) is 36.3 Å². The zero-order valence-electron chi connectivity index (χ0n) is 23.9. The molecular weight excluding hydrogens is 559 g/mol. The number of nitrogens with one attached hydrogen (secondary N) is 1. The first-order chi connectivity index (χ1) is 20.2. The summed E-state index contributed by atoms with van der Waals surface area (Å²) in [5.41, 5.74) is 2.08. The Morgan fingerprint density at radius 2 is 1.93 bits per heavy atom. The summed E-state index contributed by atoms with van der Waals surface area (Å²) in [5, 5.41) is 14.2. The van der Waals surface area contributed by atoms with Crippen molar-refractivity contribution in [2.24, 2.45) is 0 Å². The van der Waals surface area contributed by atoms with Gasteiger partial charge in [0.05, 0.1) is 5.76 Å². The Morgan fingerprint density at radius 1 is 1.19 bits per heavy atom. The van der Waals surface area contributed by atoms with E-state index in [-0.39, 0.29) is 52.6 Å². The second kappa shape index (κ2) is 12.4. The predicted molar refractivity (Wildman–Crippen MR) is 163 cm³/mol. The molecule has 1 aromatic heterocycles. The maximum atomic E-state index is 16.6. The molecular formula is C31H34ClFN6O3. The monoisotopic (exact) mass is 592 g/mol. The molecule has 2 N–H and O–H groups in total. The van der Waals surface area contributed by atoms with Crippen LogP contribution in [0.15, 0.2) is 54.3 Å². The molecule has 0 radical (unpaired) electrons. The number of piperazine rings is 1. The van der Waals surface area contributed by atoms with Gasteiger partial charge in [-0.25, -0.2) is 9.37 Å². The van der Waals surface area contributed by atoms with Crippen LogP contribution in [0.2, 0.25) is 5.02 Å². The molecule has 9 nitrogen and oxygen atoms in total. The van der Waals surface area contributed by atoms with Gasteiger partial charge in [-0.2, -0.15) is 4.98 Å². The van der Waals surface area contributed by atoms with E-state index < -0.39 is 11.7 Å². The van der Waals surface area contributed by atoms with Crippen molar-refractivity contribution in [2.75, 3.05) is 57.0 Å². The number of anilines is 2. The molecule has 1 aliphatic heterocycles. The average Bonchev–Trinajstić information content (AvgIpc) is 2.97. The fraction of sp³-hybridized carbons (Fsp3) is 0.355. The van der Waals surface area contributed by atoms with Crippen LogP contribution in [-0.2, 0) is 16.0 Å². The van der Waals surface area contributed by atoms with E-state index in [1.165, 1.54) is 4.90 Å². The summed E-state index contributed by atoms with van der Waals surface area (Å²) in [6.07, 6.45) is 5.47. The van der Waals surface area contributed by atoms with E-state index in [9.17, 15) is 14.7 Å². The molecule has 42 heavy (non-hydrogen) atoms. The number of allylic oxidation sites excluding steroid dienone is 3. The second-order valence-electron chi connectivity index (χ2n) is 10.6. The quantitative estimate of drug-likeness (QED) is 0.385. The van der Waals surface area contributed by atoms with E-state index in [0.717, 1.165) is 11.1 Å². The first kappa shape index (κ1) is 29.3.